The molecule has 2 aliphatic carbocycles. The standard InChI is InChI=1S/C24H31N7O/c1-31(2)22-19-8-4-6-10-21(19)28-23(30-22)26-17-11-13-18(14-12-17)27-24(32)29-20-9-5-3-7-16(20)15-25/h3,5,7,9,17-18H,4,6,8,10-14H2,1-2H3,(H,26,28,30)(H2,27,29,32). The average molecular weight is 434 g/mol. The number of carbonyl (C=O) groups excluding carboxylic acids is 1. The summed E-state index contributed by atoms with van der Waals surface area (Å²) < 4.78 is 0. The molecule has 4 rings (SSSR count). The molecular weight excluding hydrogens is 402 g/mol. The fourth-order valence-electron chi connectivity index (χ4n) is 4.61. The maximum absolute atomic E-state index is 12.4. The van der Waals surface area contributed by atoms with Gasteiger partial charge in [-0.1, -0.05) is 12.1 Å². The highest BCUT2D eigenvalue weighted by Crippen LogP contribution is 2.29. The van der Waals surface area contributed by atoms with Crippen LogP contribution in [0, 0.1) is 11.3 Å². The minimum Gasteiger partial charge on any atom is -0.362 e. The number of para-hydroxylation sites is 1. The summed E-state index contributed by atoms with van der Waals surface area (Å²) in [5, 5.41) is 18.6. The fraction of sp³-hybridized carbons (Fsp3) is 0.500. The lowest BCUT2D eigenvalue weighted by atomic mass is 9.91. The van der Waals surface area contributed by atoms with Crippen molar-refractivity contribution in [1.82, 2.24) is 15.3 Å². The van der Waals surface area contributed by atoms with Gasteiger partial charge in [-0.3, -0.25) is 0 Å². The van der Waals surface area contributed by atoms with Crippen molar-refractivity contribution in [3.05, 3.63) is 41.1 Å². The molecule has 0 aliphatic heterocycles. The Morgan fingerprint density at radius 1 is 1.06 bits per heavy atom. The van der Waals surface area contributed by atoms with E-state index in [1.54, 1.807) is 24.3 Å². The number of amides is 2. The SMILES string of the molecule is CN(C)c1nc(NC2CCC(NC(=O)Nc3ccccc3C#N)CC2)nc2c1CCCC2. The van der Waals surface area contributed by atoms with Crippen LogP contribution in [-0.2, 0) is 12.8 Å². The first-order valence-corrected chi connectivity index (χ1v) is 11.4. The van der Waals surface area contributed by atoms with Crippen LogP contribution in [0.3, 0.4) is 0 Å². The Morgan fingerprint density at radius 2 is 1.78 bits per heavy atom. The van der Waals surface area contributed by atoms with Crippen molar-refractivity contribution in [3.8, 4) is 6.07 Å². The number of nitrogens with zero attached hydrogens (tertiary/aromatic N) is 4. The first-order chi connectivity index (χ1) is 15.5. The van der Waals surface area contributed by atoms with Gasteiger partial charge < -0.3 is 20.9 Å². The maximum atomic E-state index is 12.4. The quantitative estimate of drug-likeness (QED) is 0.662. The lowest BCUT2D eigenvalue weighted by Gasteiger charge is -2.30. The minimum absolute atomic E-state index is 0.115. The molecule has 8 nitrogen and oxygen atoms in total. The number of nitriles is 1. The lowest BCUT2D eigenvalue weighted by molar-refractivity contribution is 0.243. The van der Waals surface area contributed by atoms with E-state index in [9.17, 15) is 10.1 Å². The van der Waals surface area contributed by atoms with Crippen LogP contribution in [0.25, 0.3) is 0 Å². The van der Waals surface area contributed by atoms with Gasteiger partial charge in [-0.25, -0.2) is 9.78 Å². The van der Waals surface area contributed by atoms with Crippen molar-refractivity contribution in [3.63, 3.8) is 0 Å². The summed E-state index contributed by atoms with van der Waals surface area (Å²) in [6.07, 6.45) is 8.13. The molecule has 0 atom stereocenters. The van der Waals surface area contributed by atoms with Crippen LogP contribution in [0.4, 0.5) is 22.2 Å². The number of aromatic nitrogens is 2. The van der Waals surface area contributed by atoms with E-state index < -0.39 is 0 Å². The summed E-state index contributed by atoms with van der Waals surface area (Å²) in [5.41, 5.74) is 3.47. The van der Waals surface area contributed by atoms with Gasteiger partial charge in [0.15, 0.2) is 0 Å². The molecule has 1 heterocycles. The number of hydrogen-bond donors (Lipinski definition) is 3. The highest BCUT2D eigenvalue weighted by molar-refractivity contribution is 5.90. The van der Waals surface area contributed by atoms with E-state index in [0.29, 0.717) is 17.3 Å². The van der Waals surface area contributed by atoms with Gasteiger partial charge in [0, 0.05) is 31.7 Å². The Labute approximate surface area is 189 Å². The Morgan fingerprint density at radius 3 is 2.53 bits per heavy atom. The Kier molecular flexibility index (Phi) is 6.74. The molecule has 8 heteroatoms. The van der Waals surface area contributed by atoms with Crippen molar-refractivity contribution >= 4 is 23.5 Å². The third kappa shape index (κ3) is 5.10. The molecule has 0 unspecified atom stereocenters. The first-order valence-electron chi connectivity index (χ1n) is 11.4. The van der Waals surface area contributed by atoms with E-state index in [4.69, 9.17) is 9.97 Å². The topological polar surface area (TPSA) is 106 Å². The van der Waals surface area contributed by atoms with Crippen LogP contribution >= 0.6 is 0 Å². The smallest absolute Gasteiger partial charge is 0.319 e. The van der Waals surface area contributed by atoms with Gasteiger partial charge in [0.05, 0.1) is 16.9 Å². The zero-order chi connectivity index (χ0) is 22.5. The van der Waals surface area contributed by atoms with Gasteiger partial charge in [-0.15, -0.1) is 0 Å². The molecule has 1 aromatic heterocycles. The third-order valence-electron chi connectivity index (χ3n) is 6.28. The maximum Gasteiger partial charge on any atom is 0.319 e. The van der Waals surface area contributed by atoms with Crippen LogP contribution in [0.1, 0.15) is 55.3 Å². The second kappa shape index (κ2) is 9.86. The van der Waals surface area contributed by atoms with Gasteiger partial charge in [0.25, 0.3) is 0 Å². The molecule has 0 radical (unpaired) electrons. The van der Waals surface area contributed by atoms with Crippen molar-refractivity contribution in [2.45, 2.75) is 63.5 Å². The molecular formula is C24H31N7O. The molecule has 32 heavy (non-hydrogen) atoms. The van der Waals surface area contributed by atoms with E-state index in [0.717, 1.165) is 50.3 Å². The van der Waals surface area contributed by atoms with Gasteiger partial charge in [0.2, 0.25) is 5.95 Å². The average Bonchev–Trinajstić information content (AvgIpc) is 2.80. The normalized spacial score (nSPS) is 19.9. The molecule has 3 N–H and O–H groups in total. The highest BCUT2D eigenvalue weighted by atomic mass is 16.2. The number of benzene rings is 1. The van der Waals surface area contributed by atoms with Gasteiger partial charge in [-0.2, -0.15) is 10.2 Å². The second-order valence-corrected chi connectivity index (χ2v) is 8.85. The van der Waals surface area contributed by atoms with Crippen LogP contribution < -0.4 is 20.9 Å². The van der Waals surface area contributed by atoms with E-state index in [1.807, 2.05) is 14.1 Å². The summed E-state index contributed by atoms with van der Waals surface area (Å²) in [6, 6.07) is 9.26. The van der Waals surface area contributed by atoms with Crippen LogP contribution in [0.2, 0.25) is 0 Å². The number of nitrogens with one attached hydrogen (secondary N) is 3. The zero-order valence-corrected chi connectivity index (χ0v) is 18.8. The van der Waals surface area contributed by atoms with Crippen molar-refractivity contribution in [2.24, 2.45) is 0 Å². The summed E-state index contributed by atoms with van der Waals surface area (Å²) in [7, 11) is 4.08. The van der Waals surface area contributed by atoms with Crippen LogP contribution in [0.5, 0.6) is 0 Å². The van der Waals surface area contributed by atoms with Crippen molar-refractivity contribution < 1.29 is 4.79 Å². The molecule has 1 fully saturated rings. The zero-order valence-electron chi connectivity index (χ0n) is 18.8. The predicted octanol–water partition coefficient (Wildman–Crippen LogP) is 3.84. The molecule has 168 valence electrons. The molecule has 0 bridgehead atoms. The van der Waals surface area contributed by atoms with E-state index in [2.05, 4.69) is 26.9 Å². The van der Waals surface area contributed by atoms with Crippen molar-refractivity contribution in [1.29, 1.82) is 5.26 Å². The monoisotopic (exact) mass is 433 g/mol. The summed E-state index contributed by atoms with van der Waals surface area (Å²) in [6.45, 7) is 0. The van der Waals surface area contributed by atoms with Gasteiger partial charge >= 0.3 is 6.03 Å². The van der Waals surface area contributed by atoms with Gasteiger partial charge in [0.1, 0.15) is 11.9 Å². The minimum atomic E-state index is -0.266. The number of aryl methyl sites for hydroxylation is 1. The molecule has 2 amide bonds. The molecule has 1 saturated carbocycles. The lowest BCUT2D eigenvalue weighted by Crippen LogP contribution is -2.42. The first kappa shape index (κ1) is 21.9. The van der Waals surface area contributed by atoms with E-state index >= 15 is 0 Å². The molecule has 2 aromatic rings. The summed E-state index contributed by atoms with van der Waals surface area (Å²) in [5.74, 6) is 1.75. The molecule has 0 saturated heterocycles. The number of fused-ring (bicyclic) bond motifs is 1. The predicted molar refractivity (Wildman–Crippen MR) is 126 cm³/mol. The Balaban J connectivity index is 1.31. The highest BCUT2D eigenvalue weighted by Gasteiger charge is 2.25. The number of rotatable bonds is 5. The Bertz CT molecular complexity index is 1010. The third-order valence-corrected chi connectivity index (χ3v) is 6.28. The number of urea groups is 1. The van der Waals surface area contributed by atoms with Crippen LogP contribution in [-0.4, -0.2) is 42.2 Å². The number of anilines is 3. The van der Waals surface area contributed by atoms with E-state index in [-0.39, 0.29) is 12.1 Å². The number of hydrogen-bond acceptors (Lipinski definition) is 6. The largest absolute Gasteiger partial charge is 0.362 e. The fourth-order valence-corrected chi connectivity index (χ4v) is 4.61. The van der Waals surface area contributed by atoms with Gasteiger partial charge in [-0.05, 0) is 63.5 Å². The summed E-state index contributed by atoms with van der Waals surface area (Å²) in [4.78, 5) is 24.1. The molecule has 2 aliphatic rings. The summed E-state index contributed by atoms with van der Waals surface area (Å²) >= 11 is 0. The van der Waals surface area contributed by atoms with Crippen LogP contribution in [0.15, 0.2) is 24.3 Å². The number of carbonyl (C=O) groups is 1. The van der Waals surface area contributed by atoms with Crippen molar-refractivity contribution in [2.75, 3.05) is 29.6 Å². The Hall–Kier alpha value is -3.34. The second-order valence-electron chi connectivity index (χ2n) is 8.85. The molecule has 0 spiro atoms. The molecule has 1 aromatic carbocycles. The van der Waals surface area contributed by atoms with E-state index in [1.165, 1.54) is 24.1 Å².